The number of aromatic amines is 1. The third kappa shape index (κ3) is 6.38. The van der Waals surface area contributed by atoms with E-state index in [2.05, 4.69) is 10.3 Å². The van der Waals surface area contributed by atoms with Gasteiger partial charge >= 0.3 is 0 Å². The summed E-state index contributed by atoms with van der Waals surface area (Å²) in [5.74, 6) is -1.68. The van der Waals surface area contributed by atoms with Crippen LogP contribution in [0.4, 0.5) is 11.4 Å². The molecule has 1 aliphatic carbocycles. The first kappa shape index (κ1) is 36.4. The van der Waals surface area contributed by atoms with E-state index in [4.69, 9.17) is 4.74 Å². The summed E-state index contributed by atoms with van der Waals surface area (Å²) in [6.45, 7) is 5.70. The largest absolute Gasteiger partial charge is 0.744 e. The summed E-state index contributed by atoms with van der Waals surface area (Å²) < 4.78 is 79.1. The van der Waals surface area contributed by atoms with Crippen LogP contribution in [0.1, 0.15) is 64.6 Å². The molecule has 5 aromatic carbocycles. The number of H-pyrrole nitrogens is 1. The highest BCUT2D eigenvalue weighted by atomic mass is 32.2. The highest BCUT2D eigenvalue weighted by Gasteiger charge is 2.35. The summed E-state index contributed by atoms with van der Waals surface area (Å²) in [6.07, 6.45) is 0.623. The number of pyridine rings is 1. The Morgan fingerprint density at radius 1 is 0.778 bits per heavy atom. The van der Waals surface area contributed by atoms with Crippen molar-refractivity contribution in [3.05, 3.63) is 141 Å². The van der Waals surface area contributed by atoms with E-state index in [1.165, 1.54) is 30.3 Å². The van der Waals surface area contributed by atoms with Gasteiger partial charge in [-0.3, -0.25) is 14.4 Å². The minimum absolute atomic E-state index is 0.00153. The van der Waals surface area contributed by atoms with Crippen molar-refractivity contribution in [1.29, 1.82) is 0 Å². The SMILES string of the molecule is CCC(C)(C)c1ccc(Oc2cc(Nc3ccc(S(=O)(=O)[O-])cc3)c3c4c(c(C(=O)c5ccccc5)c(=O)[nH]c24)-c2ccccc2C3=O)c(S(=O)(=O)[O-])c1. The van der Waals surface area contributed by atoms with Crippen molar-refractivity contribution in [2.24, 2.45) is 0 Å². The van der Waals surface area contributed by atoms with Gasteiger partial charge in [-0.15, -0.1) is 0 Å². The first-order valence-electron chi connectivity index (χ1n) is 16.6. The Hall–Kier alpha value is -5.93. The van der Waals surface area contributed by atoms with E-state index < -0.39 is 52.6 Å². The molecule has 54 heavy (non-hydrogen) atoms. The van der Waals surface area contributed by atoms with Crippen molar-refractivity contribution in [1.82, 2.24) is 4.98 Å². The lowest BCUT2D eigenvalue weighted by atomic mass is 9.80. The lowest BCUT2D eigenvalue weighted by molar-refractivity contribution is 0.102. The van der Waals surface area contributed by atoms with Gasteiger partial charge in [-0.1, -0.05) is 81.4 Å². The highest BCUT2D eigenvalue weighted by Crippen LogP contribution is 2.48. The molecule has 6 aromatic rings. The summed E-state index contributed by atoms with van der Waals surface area (Å²) in [6, 6.07) is 24.8. The molecule has 0 fully saturated rings. The Balaban J connectivity index is 1.56. The summed E-state index contributed by atoms with van der Waals surface area (Å²) in [5, 5.41) is 3.15. The Bertz CT molecular complexity index is 2830. The third-order valence-electron chi connectivity index (χ3n) is 9.71. The molecule has 7 rings (SSSR count). The van der Waals surface area contributed by atoms with Crippen molar-refractivity contribution in [2.45, 2.75) is 42.4 Å². The Labute approximate surface area is 310 Å². The molecule has 12 nitrogen and oxygen atoms in total. The van der Waals surface area contributed by atoms with Crippen molar-refractivity contribution >= 4 is 54.1 Å². The standard InChI is InChI=1S/C40H32N2O10S2/c1-4-40(2,3)23-14-19-29(31(20-23)54(49,50)51)52-30-21-28(41-24-15-17-25(18-16-24)53(46,47)48)33-34-32(26-12-8-9-13-27(26)38(33)44)35(39(45)42-36(30)34)37(43)22-10-6-5-7-11-22/h5-21,41H,4H2,1-3H3,(H,42,45)(H,46,47,48)(H,49,50,51)/p-2. The van der Waals surface area contributed by atoms with Crippen LogP contribution in [0, 0.1) is 0 Å². The fourth-order valence-electron chi connectivity index (χ4n) is 6.51. The van der Waals surface area contributed by atoms with E-state index in [9.17, 15) is 40.3 Å². The predicted octanol–water partition coefficient (Wildman–Crippen LogP) is 7.00. The average molecular weight is 763 g/mol. The fraction of sp³-hybridized carbons (Fsp3) is 0.125. The van der Waals surface area contributed by atoms with Gasteiger partial charge in [0.1, 0.15) is 26.0 Å². The molecule has 1 aromatic heterocycles. The molecule has 1 aliphatic rings. The van der Waals surface area contributed by atoms with Crippen LogP contribution in [0.5, 0.6) is 11.5 Å². The van der Waals surface area contributed by atoms with Gasteiger partial charge < -0.3 is 24.1 Å². The Kier molecular flexibility index (Phi) is 8.89. The molecule has 0 saturated heterocycles. The number of carbonyl (C=O) groups is 2. The highest BCUT2D eigenvalue weighted by molar-refractivity contribution is 7.86. The van der Waals surface area contributed by atoms with E-state index in [0.717, 1.165) is 12.1 Å². The molecule has 274 valence electrons. The first-order chi connectivity index (χ1) is 25.5. The second kappa shape index (κ2) is 13.2. The van der Waals surface area contributed by atoms with Crippen LogP contribution in [-0.4, -0.2) is 42.5 Å². The number of nitrogens with one attached hydrogen (secondary N) is 2. The number of carbonyl (C=O) groups excluding carboxylic acids is 2. The van der Waals surface area contributed by atoms with Gasteiger partial charge in [0, 0.05) is 33.8 Å². The molecule has 0 atom stereocenters. The number of anilines is 2. The molecule has 0 unspecified atom stereocenters. The maximum Gasteiger partial charge on any atom is 0.260 e. The molecule has 0 aliphatic heterocycles. The van der Waals surface area contributed by atoms with Gasteiger partial charge in [0.05, 0.1) is 32.1 Å². The lowest BCUT2D eigenvalue weighted by Gasteiger charge is -2.27. The number of fused-ring (bicyclic) bond motifs is 2. The third-order valence-corrected chi connectivity index (χ3v) is 11.4. The molecule has 14 heteroatoms. The van der Waals surface area contributed by atoms with Crippen molar-refractivity contribution in [3.8, 4) is 22.6 Å². The maximum atomic E-state index is 14.4. The number of ether oxygens (including phenoxy) is 1. The zero-order valence-corrected chi connectivity index (χ0v) is 30.6. The monoisotopic (exact) mass is 762 g/mol. The summed E-state index contributed by atoms with van der Waals surface area (Å²) >= 11 is 0. The second-order valence-corrected chi connectivity index (χ2v) is 16.1. The van der Waals surface area contributed by atoms with Crippen LogP contribution in [-0.2, 0) is 25.7 Å². The second-order valence-electron chi connectivity index (χ2n) is 13.4. The van der Waals surface area contributed by atoms with Crippen LogP contribution < -0.4 is 15.6 Å². The topological polar surface area (TPSA) is 203 Å². The minimum Gasteiger partial charge on any atom is -0.744 e. The van der Waals surface area contributed by atoms with Crippen LogP contribution >= 0.6 is 0 Å². The van der Waals surface area contributed by atoms with E-state index >= 15 is 0 Å². The van der Waals surface area contributed by atoms with Crippen LogP contribution in [0.25, 0.3) is 22.0 Å². The Morgan fingerprint density at radius 3 is 2.06 bits per heavy atom. The molecule has 0 radical (unpaired) electrons. The van der Waals surface area contributed by atoms with Crippen molar-refractivity contribution in [3.63, 3.8) is 0 Å². The molecule has 2 N–H and O–H groups in total. The number of hydrogen-bond donors (Lipinski definition) is 2. The van der Waals surface area contributed by atoms with E-state index in [0.29, 0.717) is 12.0 Å². The smallest absolute Gasteiger partial charge is 0.260 e. The van der Waals surface area contributed by atoms with Gasteiger partial charge in [-0.25, -0.2) is 16.8 Å². The Morgan fingerprint density at radius 2 is 1.43 bits per heavy atom. The minimum atomic E-state index is -5.12. The molecular formula is C40H30N2O10S2-2. The molecule has 0 amide bonds. The molecule has 1 heterocycles. The number of ketones is 2. The van der Waals surface area contributed by atoms with E-state index in [1.54, 1.807) is 60.7 Å². The lowest BCUT2D eigenvalue weighted by Crippen LogP contribution is -2.24. The summed E-state index contributed by atoms with van der Waals surface area (Å²) in [4.78, 5) is 44.3. The average Bonchev–Trinajstić information content (AvgIpc) is 3.14. The van der Waals surface area contributed by atoms with Crippen LogP contribution in [0.3, 0.4) is 0 Å². The van der Waals surface area contributed by atoms with Crippen molar-refractivity contribution in [2.75, 3.05) is 5.32 Å². The van der Waals surface area contributed by atoms with Gasteiger partial charge in [-0.05, 0) is 59.4 Å². The molecular weight excluding hydrogens is 733 g/mol. The zero-order chi connectivity index (χ0) is 38.7. The number of hydrogen-bond acceptors (Lipinski definition) is 11. The molecule has 0 bridgehead atoms. The van der Waals surface area contributed by atoms with Gasteiger partial charge in [-0.2, -0.15) is 0 Å². The molecule has 0 spiro atoms. The number of benzene rings is 5. The van der Waals surface area contributed by atoms with E-state index in [1.807, 2.05) is 20.8 Å². The first-order valence-corrected chi connectivity index (χ1v) is 19.4. The summed E-state index contributed by atoms with van der Waals surface area (Å²) in [7, 11) is -9.90. The normalized spacial score (nSPS) is 12.7. The maximum absolute atomic E-state index is 14.4. The number of rotatable bonds is 10. The van der Waals surface area contributed by atoms with Crippen LogP contribution in [0.2, 0.25) is 0 Å². The molecule has 0 saturated carbocycles. The van der Waals surface area contributed by atoms with Gasteiger partial charge in [0.2, 0.25) is 0 Å². The predicted molar refractivity (Wildman–Crippen MR) is 199 cm³/mol. The number of aromatic nitrogens is 1. The fourth-order valence-corrected chi connectivity index (χ4v) is 7.60. The summed E-state index contributed by atoms with van der Waals surface area (Å²) in [5.41, 5.74) is -0.0249. The van der Waals surface area contributed by atoms with E-state index in [-0.39, 0.29) is 67.2 Å². The quantitative estimate of drug-likeness (QED) is 0.107. The van der Waals surface area contributed by atoms with Gasteiger partial charge in [0.15, 0.2) is 17.3 Å². The van der Waals surface area contributed by atoms with Gasteiger partial charge in [0.25, 0.3) is 5.56 Å². The zero-order valence-electron chi connectivity index (χ0n) is 28.9. The van der Waals surface area contributed by atoms with Crippen molar-refractivity contribution < 1.29 is 40.3 Å². The van der Waals surface area contributed by atoms with Crippen LogP contribution in [0.15, 0.2) is 118 Å².